The van der Waals surface area contributed by atoms with Gasteiger partial charge in [-0.05, 0) is 57.8 Å². The van der Waals surface area contributed by atoms with Crippen LogP contribution in [0.3, 0.4) is 0 Å². The van der Waals surface area contributed by atoms with E-state index in [4.69, 9.17) is 18.9 Å². The van der Waals surface area contributed by atoms with Gasteiger partial charge in [-0.2, -0.15) is 0 Å². The van der Waals surface area contributed by atoms with Gasteiger partial charge in [0.25, 0.3) is 0 Å². The molecule has 0 spiro atoms. The molecule has 1 rings (SSSR count). The van der Waals surface area contributed by atoms with Gasteiger partial charge in [0.05, 0.1) is 19.8 Å². The van der Waals surface area contributed by atoms with Crippen molar-refractivity contribution >= 4 is 5.97 Å². The first kappa shape index (κ1) is 47.9. The molecule has 1 aliphatic heterocycles. The minimum Gasteiger partial charge on any atom is -0.457 e. The molecule has 0 radical (unpaired) electrons. The fourth-order valence-corrected chi connectivity index (χ4v) is 5.75. The van der Waals surface area contributed by atoms with Crippen LogP contribution in [0.15, 0.2) is 60.8 Å². The predicted octanol–water partition coefficient (Wildman–Crippen LogP) is 8.35. The third kappa shape index (κ3) is 25.8. The van der Waals surface area contributed by atoms with Gasteiger partial charge < -0.3 is 39.4 Å². The van der Waals surface area contributed by atoms with Crippen LogP contribution in [-0.2, 0) is 23.7 Å². The number of aliphatic hydroxyl groups is 4. The number of hydrogen-bond acceptors (Lipinski definition) is 9. The van der Waals surface area contributed by atoms with Crippen molar-refractivity contribution < 1.29 is 44.2 Å². The lowest BCUT2D eigenvalue weighted by atomic mass is 9.99. The van der Waals surface area contributed by atoms with Gasteiger partial charge in [0.2, 0.25) is 0 Å². The number of unbranched alkanes of at least 4 members (excludes halogenated alkanes) is 12. The quantitative estimate of drug-likeness (QED) is 0.0298. The second-order valence-corrected chi connectivity index (χ2v) is 13.7. The number of ether oxygens (including phenoxy) is 4. The Morgan fingerprint density at radius 2 is 1.17 bits per heavy atom. The molecule has 6 unspecified atom stereocenters. The molecule has 0 aromatic heterocycles. The van der Waals surface area contributed by atoms with E-state index in [2.05, 4.69) is 74.6 Å². The zero-order chi connectivity index (χ0) is 37.9. The highest BCUT2D eigenvalue weighted by molar-refractivity contribution is 5.69. The fraction of sp³-hybridized carbons (Fsp3) is 0.744. The zero-order valence-electron chi connectivity index (χ0n) is 32.5. The Bertz CT molecular complexity index is 974. The van der Waals surface area contributed by atoms with E-state index in [-0.39, 0.29) is 19.2 Å². The molecule has 9 heteroatoms. The number of allylic oxidation sites excluding steroid dienone is 10. The molecule has 9 nitrogen and oxygen atoms in total. The predicted molar refractivity (Wildman–Crippen MR) is 210 cm³/mol. The van der Waals surface area contributed by atoms with Crippen LogP contribution in [0.5, 0.6) is 0 Å². The maximum Gasteiger partial charge on any atom is 0.306 e. The van der Waals surface area contributed by atoms with Crippen LogP contribution >= 0.6 is 0 Å². The van der Waals surface area contributed by atoms with Gasteiger partial charge in [-0.3, -0.25) is 4.79 Å². The largest absolute Gasteiger partial charge is 0.457 e. The second-order valence-electron chi connectivity index (χ2n) is 13.7. The first-order valence-electron chi connectivity index (χ1n) is 20.4. The molecule has 300 valence electrons. The highest BCUT2D eigenvalue weighted by Gasteiger charge is 2.44. The third-order valence-corrected chi connectivity index (χ3v) is 8.95. The molecule has 0 amide bonds. The van der Waals surface area contributed by atoms with Gasteiger partial charge in [-0.15, -0.1) is 0 Å². The molecule has 6 atom stereocenters. The van der Waals surface area contributed by atoms with Crippen molar-refractivity contribution in [1.82, 2.24) is 0 Å². The van der Waals surface area contributed by atoms with E-state index in [0.717, 1.165) is 83.5 Å². The molecule has 0 aromatic carbocycles. The van der Waals surface area contributed by atoms with Crippen LogP contribution in [0, 0.1) is 0 Å². The van der Waals surface area contributed by atoms with E-state index in [9.17, 15) is 25.2 Å². The summed E-state index contributed by atoms with van der Waals surface area (Å²) in [4.78, 5) is 12.7. The molecule has 0 aliphatic carbocycles. The third-order valence-electron chi connectivity index (χ3n) is 8.95. The van der Waals surface area contributed by atoms with Crippen LogP contribution in [0.2, 0.25) is 0 Å². The van der Waals surface area contributed by atoms with Crippen molar-refractivity contribution in [3.63, 3.8) is 0 Å². The number of hydrogen-bond donors (Lipinski definition) is 4. The molecule has 1 aliphatic rings. The highest BCUT2D eigenvalue weighted by Crippen LogP contribution is 2.22. The summed E-state index contributed by atoms with van der Waals surface area (Å²) in [6.07, 6.45) is 35.4. The first-order valence-corrected chi connectivity index (χ1v) is 20.4. The van der Waals surface area contributed by atoms with Crippen LogP contribution in [0.1, 0.15) is 142 Å². The van der Waals surface area contributed by atoms with E-state index >= 15 is 0 Å². The zero-order valence-corrected chi connectivity index (χ0v) is 32.5. The molecular formula is C43H74O9. The molecule has 0 bridgehead atoms. The van der Waals surface area contributed by atoms with E-state index in [0.29, 0.717) is 13.0 Å². The molecule has 4 N–H and O–H groups in total. The summed E-state index contributed by atoms with van der Waals surface area (Å²) in [7, 11) is 0. The fourth-order valence-electron chi connectivity index (χ4n) is 5.75. The number of esters is 1. The highest BCUT2D eigenvalue weighted by atomic mass is 16.7. The lowest BCUT2D eigenvalue weighted by Gasteiger charge is -2.39. The molecule has 1 heterocycles. The van der Waals surface area contributed by atoms with Crippen LogP contribution < -0.4 is 0 Å². The summed E-state index contributed by atoms with van der Waals surface area (Å²) in [6, 6.07) is 0. The monoisotopic (exact) mass is 735 g/mol. The van der Waals surface area contributed by atoms with Crippen LogP contribution in [-0.4, -0.2) is 89.6 Å². The number of aliphatic hydroxyl groups excluding tert-OH is 4. The Balaban J connectivity index is 2.29. The average molecular weight is 735 g/mol. The van der Waals surface area contributed by atoms with Crippen molar-refractivity contribution in [2.45, 2.75) is 179 Å². The Morgan fingerprint density at radius 1 is 0.635 bits per heavy atom. The topological polar surface area (TPSA) is 135 Å². The van der Waals surface area contributed by atoms with Crippen molar-refractivity contribution in [2.24, 2.45) is 0 Å². The SMILES string of the molecule is CC/C=C\C/C=C\C/C=C\C/C=C\C/C=C\CCCCCCOCC(COC1OC(CO)C(O)C(O)C1O)OC(=O)CCCCCCCCCCC. The molecule has 1 saturated heterocycles. The standard InChI is InChI=1S/C43H74O9/c1-3-5-7-9-11-13-14-15-16-17-18-19-20-21-22-23-25-27-29-31-33-49-35-37(36-50-43-42(48)41(47)40(46)38(34-44)52-43)51-39(45)32-30-28-26-24-12-10-8-6-4-2/h5,7,11,13,15-16,18-19,21-22,37-38,40-44,46-48H,3-4,6,8-10,12,14,17,20,23-36H2,1-2H3/b7-5-,13-11-,16-15-,19-18-,22-21-. The summed E-state index contributed by atoms with van der Waals surface area (Å²) >= 11 is 0. The van der Waals surface area contributed by atoms with Gasteiger partial charge in [-0.25, -0.2) is 0 Å². The number of rotatable bonds is 33. The normalized spacial score (nSPS) is 21.8. The van der Waals surface area contributed by atoms with Crippen molar-refractivity contribution in [3.8, 4) is 0 Å². The molecule has 52 heavy (non-hydrogen) atoms. The maximum atomic E-state index is 12.7. The van der Waals surface area contributed by atoms with E-state index in [1.54, 1.807) is 0 Å². The minimum absolute atomic E-state index is 0.126. The van der Waals surface area contributed by atoms with Crippen molar-refractivity contribution in [2.75, 3.05) is 26.4 Å². The summed E-state index contributed by atoms with van der Waals surface area (Å²) in [5, 5.41) is 39.9. The Kier molecular flexibility index (Phi) is 31.9. The Morgan fingerprint density at radius 3 is 1.77 bits per heavy atom. The van der Waals surface area contributed by atoms with Crippen molar-refractivity contribution in [3.05, 3.63) is 60.8 Å². The molecule has 1 fully saturated rings. The van der Waals surface area contributed by atoms with Crippen LogP contribution in [0.25, 0.3) is 0 Å². The summed E-state index contributed by atoms with van der Waals surface area (Å²) in [5.74, 6) is -0.330. The summed E-state index contributed by atoms with van der Waals surface area (Å²) in [6.45, 7) is 4.34. The minimum atomic E-state index is -1.54. The van der Waals surface area contributed by atoms with Gasteiger partial charge in [0.15, 0.2) is 6.29 Å². The van der Waals surface area contributed by atoms with Gasteiger partial charge in [0, 0.05) is 13.0 Å². The lowest BCUT2D eigenvalue weighted by molar-refractivity contribution is -0.305. The summed E-state index contributed by atoms with van der Waals surface area (Å²) < 4.78 is 22.7. The van der Waals surface area contributed by atoms with E-state index in [1.165, 1.54) is 38.5 Å². The maximum absolute atomic E-state index is 12.7. The Hall–Kier alpha value is -2.11. The number of carbonyl (C=O) groups excluding carboxylic acids is 1. The molecule has 0 saturated carbocycles. The lowest BCUT2D eigenvalue weighted by Crippen LogP contribution is -2.59. The number of carbonyl (C=O) groups is 1. The average Bonchev–Trinajstić information content (AvgIpc) is 3.14. The smallest absolute Gasteiger partial charge is 0.306 e. The molecular weight excluding hydrogens is 660 g/mol. The van der Waals surface area contributed by atoms with Crippen LogP contribution in [0.4, 0.5) is 0 Å². The Labute approximate surface area is 315 Å². The van der Waals surface area contributed by atoms with E-state index < -0.39 is 43.4 Å². The van der Waals surface area contributed by atoms with Gasteiger partial charge in [0.1, 0.15) is 30.5 Å². The van der Waals surface area contributed by atoms with E-state index in [1.807, 2.05) is 0 Å². The second kappa shape index (κ2) is 34.6. The first-order chi connectivity index (χ1) is 25.4. The summed E-state index contributed by atoms with van der Waals surface area (Å²) in [5.41, 5.74) is 0. The van der Waals surface area contributed by atoms with Crippen molar-refractivity contribution in [1.29, 1.82) is 0 Å². The van der Waals surface area contributed by atoms with Gasteiger partial charge in [-0.1, -0.05) is 139 Å². The molecule has 0 aromatic rings. The van der Waals surface area contributed by atoms with Gasteiger partial charge >= 0.3 is 5.97 Å².